The molecule has 0 aliphatic carbocycles. The van der Waals surface area contributed by atoms with E-state index in [2.05, 4.69) is 16.0 Å². The molecule has 0 radical (unpaired) electrons. The van der Waals surface area contributed by atoms with Gasteiger partial charge in [0.2, 0.25) is 17.7 Å². The molecule has 0 saturated carbocycles. The van der Waals surface area contributed by atoms with Crippen LogP contribution in [0.25, 0.3) is 0 Å². The highest BCUT2D eigenvalue weighted by Gasteiger charge is 2.26. The molecule has 0 bridgehead atoms. The first-order valence-electron chi connectivity index (χ1n) is 8.15. The zero-order chi connectivity index (χ0) is 21.0. The van der Waals surface area contributed by atoms with Gasteiger partial charge in [0.15, 0.2) is 0 Å². The van der Waals surface area contributed by atoms with E-state index in [1.54, 1.807) is 0 Å². The number of amides is 3. The second-order valence-corrected chi connectivity index (χ2v) is 6.71. The molecule has 0 aliphatic heterocycles. The molecular formula is C15H26N4O7S. The van der Waals surface area contributed by atoms with Crippen LogP contribution >= 0.6 is 11.8 Å². The van der Waals surface area contributed by atoms with Gasteiger partial charge in [-0.15, -0.1) is 0 Å². The standard InChI is InChI=1S/C15H26N4O7S/c1-8(13(24)17-7-12(22)23)18-15(26)10(3-4-11(20)21)19-14(25)9(16)5-6-27-2/h8-10H,3-7,16H2,1-2H3,(H,17,24)(H,18,26)(H,19,25)(H,20,21)(H,22,23). The lowest BCUT2D eigenvalue weighted by Crippen LogP contribution is -2.55. The van der Waals surface area contributed by atoms with Crippen molar-refractivity contribution >= 4 is 41.4 Å². The van der Waals surface area contributed by atoms with E-state index in [0.29, 0.717) is 12.2 Å². The summed E-state index contributed by atoms with van der Waals surface area (Å²) in [5, 5.41) is 24.2. The molecule has 0 aromatic carbocycles. The van der Waals surface area contributed by atoms with Crippen LogP contribution in [-0.4, -0.2) is 76.6 Å². The lowest BCUT2D eigenvalue weighted by atomic mass is 10.1. The predicted octanol–water partition coefficient (Wildman–Crippen LogP) is -1.88. The summed E-state index contributed by atoms with van der Waals surface area (Å²) in [6.45, 7) is 0.720. The minimum atomic E-state index is -1.24. The lowest BCUT2D eigenvalue weighted by Gasteiger charge is -2.22. The summed E-state index contributed by atoms with van der Waals surface area (Å²) in [4.78, 5) is 57.4. The van der Waals surface area contributed by atoms with Crippen LogP contribution < -0.4 is 21.7 Å². The van der Waals surface area contributed by atoms with Gasteiger partial charge in [-0.1, -0.05) is 0 Å². The van der Waals surface area contributed by atoms with Gasteiger partial charge in [0.1, 0.15) is 18.6 Å². The average molecular weight is 406 g/mol. The first-order chi connectivity index (χ1) is 12.6. The molecule has 0 aliphatic rings. The van der Waals surface area contributed by atoms with Crippen molar-refractivity contribution in [2.24, 2.45) is 5.73 Å². The molecular weight excluding hydrogens is 380 g/mol. The molecule has 0 aromatic rings. The molecule has 0 aromatic heterocycles. The van der Waals surface area contributed by atoms with E-state index < -0.39 is 54.3 Å². The van der Waals surface area contributed by atoms with Crippen molar-refractivity contribution in [1.29, 1.82) is 0 Å². The highest BCUT2D eigenvalue weighted by molar-refractivity contribution is 7.98. The Morgan fingerprint density at radius 1 is 0.963 bits per heavy atom. The Labute approximate surface area is 160 Å². The third-order valence-electron chi connectivity index (χ3n) is 3.42. The van der Waals surface area contributed by atoms with Crippen LogP contribution in [0.15, 0.2) is 0 Å². The van der Waals surface area contributed by atoms with Gasteiger partial charge in [0.25, 0.3) is 0 Å². The number of carbonyl (C=O) groups excluding carboxylic acids is 3. The fourth-order valence-corrected chi connectivity index (χ4v) is 2.38. The van der Waals surface area contributed by atoms with Crippen molar-refractivity contribution in [3.8, 4) is 0 Å². The number of rotatable bonds is 13. The Kier molecular flexibility index (Phi) is 11.8. The van der Waals surface area contributed by atoms with Gasteiger partial charge >= 0.3 is 11.9 Å². The molecule has 0 fully saturated rings. The smallest absolute Gasteiger partial charge is 0.322 e. The minimum Gasteiger partial charge on any atom is -0.481 e. The summed E-state index contributed by atoms with van der Waals surface area (Å²) in [7, 11) is 0. The maximum atomic E-state index is 12.3. The van der Waals surface area contributed by atoms with Crippen LogP contribution in [0.4, 0.5) is 0 Å². The van der Waals surface area contributed by atoms with Crippen molar-refractivity contribution in [2.45, 2.75) is 44.3 Å². The Balaban J connectivity index is 4.87. The fraction of sp³-hybridized carbons (Fsp3) is 0.667. The number of carboxylic acid groups (broad SMARTS) is 2. The number of aliphatic carboxylic acids is 2. The molecule has 11 nitrogen and oxygen atoms in total. The molecule has 27 heavy (non-hydrogen) atoms. The number of carbonyl (C=O) groups is 5. The van der Waals surface area contributed by atoms with Crippen LogP contribution in [-0.2, 0) is 24.0 Å². The number of thioether (sulfide) groups is 1. The summed E-state index contributed by atoms with van der Waals surface area (Å²) < 4.78 is 0. The van der Waals surface area contributed by atoms with Crippen molar-refractivity contribution in [3.63, 3.8) is 0 Å². The Morgan fingerprint density at radius 3 is 2.11 bits per heavy atom. The minimum absolute atomic E-state index is 0.189. The third kappa shape index (κ3) is 11.1. The quantitative estimate of drug-likeness (QED) is 0.203. The van der Waals surface area contributed by atoms with Crippen LogP contribution in [0.1, 0.15) is 26.2 Å². The molecule has 3 atom stereocenters. The van der Waals surface area contributed by atoms with E-state index in [-0.39, 0.29) is 12.8 Å². The Hall–Kier alpha value is -2.34. The largest absolute Gasteiger partial charge is 0.481 e. The van der Waals surface area contributed by atoms with Gasteiger partial charge in [-0.3, -0.25) is 24.0 Å². The zero-order valence-electron chi connectivity index (χ0n) is 15.2. The molecule has 0 spiro atoms. The SMILES string of the molecule is CSCCC(N)C(=O)NC(CCC(=O)O)C(=O)NC(C)C(=O)NCC(=O)O. The highest BCUT2D eigenvalue weighted by atomic mass is 32.2. The maximum absolute atomic E-state index is 12.3. The first-order valence-corrected chi connectivity index (χ1v) is 9.54. The number of nitrogens with two attached hydrogens (primary N) is 1. The normalized spacial score (nSPS) is 13.7. The third-order valence-corrected chi connectivity index (χ3v) is 4.06. The highest BCUT2D eigenvalue weighted by Crippen LogP contribution is 2.03. The lowest BCUT2D eigenvalue weighted by molar-refractivity contribution is -0.138. The van der Waals surface area contributed by atoms with Gasteiger partial charge in [-0.2, -0.15) is 11.8 Å². The van der Waals surface area contributed by atoms with E-state index in [0.717, 1.165) is 0 Å². The number of carboxylic acids is 2. The van der Waals surface area contributed by atoms with Crippen LogP contribution in [0.3, 0.4) is 0 Å². The van der Waals surface area contributed by atoms with Gasteiger partial charge in [-0.25, -0.2) is 0 Å². The Morgan fingerprint density at radius 2 is 1.59 bits per heavy atom. The number of hydrogen-bond donors (Lipinski definition) is 6. The van der Waals surface area contributed by atoms with E-state index in [1.807, 2.05) is 6.26 Å². The molecule has 0 rings (SSSR count). The Bertz CT molecular complexity index is 558. The molecule has 12 heteroatoms. The second kappa shape index (κ2) is 12.9. The molecule has 3 unspecified atom stereocenters. The second-order valence-electron chi connectivity index (χ2n) is 5.72. The predicted molar refractivity (Wildman–Crippen MR) is 98.0 cm³/mol. The van der Waals surface area contributed by atoms with Gasteiger partial charge in [0, 0.05) is 6.42 Å². The van der Waals surface area contributed by atoms with Gasteiger partial charge < -0.3 is 31.9 Å². The van der Waals surface area contributed by atoms with Crippen molar-refractivity contribution in [1.82, 2.24) is 16.0 Å². The van der Waals surface area contributed by atoms with Crippen molar-refractivity contribution in [2.75, 3.05) is 18.6 Å². The number of nitrogens with one attached hydrogen (secondary N) is 3. The monoisotopic (exact) mass is 406 g/mol. The van der Waals surface area contributed by atoms with Crippen LogP contribution in [0.5, 0.6) is 0 Å². The summed E-state index contributed by atoms with van der Waals surface area (Å²) in [5.74, 6) is -3.85. The van der Waals surface area contributed by atoms with Crippen LogP contribution in [0.2, 0.25) is 0 Å². The van der Waals surface area contributed by atoms with E-state index >= 15 is 0 Å². The molecule has 0 heterocycles. The molecule has 154 valence electrons. The van der Waals surface area contributed by atoms with E-state index in [4.69, 9.17) is 15.9 Å². The van der Waals surface area contributed by atoms with Gasteiger partial charge in [0.05, 0.1) is 6.04 Å². The van der Waals surface area contributed by atoms with E-state index in [9.17, 15) is 24.0 Å². The fourth-order valence-electron chi connectivity index (χ4n) is 1.89. The van der Waals surface area contributed by atoms with Crippen molar-refractivity contribution < 1.29 is 34.2 Å². The van der Waals surface area contributed by atoms with Crippen LogP contribution in [0, 0.1) is 0 Å². The summed E-state index contributed by atoms with van der Waals surface area (Å²) in [6.07, 6.45) is 1.67. The molecule has 0 saturated heterocycles. The maximum Gasteiger partial charge on any atom is 0.322 e. The average Bonchev–Trinajstić information content (AvgIpc) is 2.60. The molecule has 3 amide bonds. The topological polar surface area (TPSA) is 188 Å². The summed E-state index contributed by atoms with van der Waals surface area (Å²) >= 11 is 1.50. The first kappa shape index (κ1) is 24.7. The van der Waals surface area contributed by atoms with Crippen molar-refractivity contribution in [3.05, 3.63) is 0 Å². The van der Waals surface area contributed by atoms with Gasteiger partial charge in [-0.05, 0) is 31.8 Å². The number of hydrogen-bond acceptors (Lipinski definition) is 7. The van der Waals surface area contributed by atoms with E-state index in [1.165, 1.54) is 18.7 Å². The summed E-state index contributed by atoms with van der Waals surface area (Å²) in [6, 6.07) is -3.12. The molecule has 7 N–H and O–H groups in total. The zero-order valence-corrected chi connectivity index (χ0v) is 16.0. The summed E-state index contributed by atoms with van der Waals surface area (Å²) in [5.41, 5.74) is 5.73.